The predicted molar refractivity (Wildman–Crippen MR) is 61.4 cm³/mol. The van der Waals surface area contributed by atoms with Crippen molar-refractivity contribution in [2.45, 2.75) is 13.0 Å². The van der Waals surface area contributed by atoms with Crippen LogP contribution in [0.3, 0.4) is 0 Å². The van der Waals surface area contributed by atoms with Gasteiger partial charge >= 0.3 is 0 Å². The molecule has 0 aromatic heterocycles. The molecule has 4 nitrogen and oxygen atoms in total. The van der Waals surface area contributed by atoms with Crippen molar-refractivity contribution in [2.75, 3.05) is 19.6 Å². The third-order valence-corrected chi connectivity index (χ3v) is 2.99. The number of rotatable bonds is 3. The van der Waals surface area contributed by atoms with Gasteiger partial charge in [0.15, 0.2) is 0 Å². The Morgan fingerprint density at radius 1 is 1.59 bits per heavy atom. The molecule has 1 amide bonds. The second-order valence-electron chi connectivity index (χ2n) is 4.06. The third-order valence-electron chi connectivity index (χ3n) is 2.99. The maximum Gasteiger partial charge on any atom is 0.258 e. The van der Waals surface area contributed by atoms with Crippen LogP contribution < -0.4 is 5.32 Å². The highest BCUT2D eigenvalue weighted by Crippen LogP contribution is 2.21. The molecule has 0 atom stereocenters. The van der Waals surface area contributed by atoms with E-state index in [0.717, 1.165) is 25.2 Å². The average Bonchev–Trinajstić information content (AvgIpc) is 2.25. The summed E-state index contributed by atoms with van der Waals surface area (Å²) >= 11 is 0. The summed E-state index contributed by atoms with van der Waals surface area (Å²) in [6.07, 6.45) is 0. The van der Waals surface area contributed by atoms with Crippen LogP contribution in [-0.2, 0) is 0 Å². The van der Waals surface area contributed by atoms with Gasteiger partial charge in [-0.1, -0.05) is 0 Å². The first-order valence-corrected chi connectivity index (χ1v) is 5.63. The Hall–Kier alpha value is -1.62. The van der Waals surface area contributed by atoms with Gasteiger partial charge in [0.1, 0.15) is 11.6 Å². The lowest BCUT2D eigenvalue weighted by atomic mass is 10.1. The Labute approximate surface area is 99.0 Å². The van der Waals surface area contributed by atoms with Crippen molar-refractivity contribution in [2.24, 2.45) is 0 Å². The Morgan fingerprint density at radius 3 is 2.82 bits per heavy atom. The smallest absolute Gasteiger partial charge is 0.258 e. The first kappa shape index (κ1) is 11.9. The number of carbonyl (C=O) groups excluding carboxylic acids is 1. The molecule has 1 aromatic carbocycles. The van der Waals surface area contributed by atoms with E-state index in [-0.39, 0.29) is 23.3 Å². The fourth-order valence-corrected chi connectivity index (χ4v) is 1.90. The summed E-state index contributed by atoms with van der Waals surface area (Å²) in [5, 5.41) is 12.7. The molecule has 2 N–H and O–H groups in total. The van der Waals surface area contributed by atoms with E-state index in [0.29, 0.717) is 6.54 Å². The second kappa shape index (κ2) is 4.71. The number of aromatic hydroxyl groups is 1. The molecule has 92 valence electrons. The molecule has 2 rings (SSSR count). The van der Waals surface area contributed by atoms with Gasteiger partial charge in [0.2, 0.25) is 0 Å². The fourth-order valence-electron chi connectivity index (χ4n) is 1.90. The minimum atomic E-state index is -0.520. The molecule has 1 saturated heterocycles. The largest absolute Gasteiger partial charge is 0.507 e. The van der Waals surface area contributed by atoms with Crippen LogP contribution in [0.5, 0.6) is 5.75 Å². The molecule has 0 radical (unpaired) electrons. The Kier molecular flexibility index (Phi) is 3.28. The SMILES string of the molecule is CCN(C(=O)c1cc(F)ccc1O)C1CNC1. The van der Waals surface area contributed by atoms with Gasteiger partial charge in [0, 0.05) is 19.6 Å². The van der Waals surface area contributed by atoms with Crippen molar-refractivity contribution >= 4 is 5.91 Å². The molecule has 0 spiro atoms. The van der Waals surface area contributed by atoms with Gasteiger partial charge in [-0.05, 0) is 25.1 Å². The lowest BCUT2D eigenvalue weighted by Crippen LogP contribution is -2.58. The van der Waals surface area contributed by atoms with E-state index in [1.54, 1.807) is 4.90 Å². The number of nitrogens with zero attached hydrogens (tertiary/aromatic N) is 1. The predicted octanol–water partition coefficient (Wildman–Crippen LogP) is 0.965. The van der Waals surface area contributed by atoms with Gasteiger partial charge < -0.3 is 15.3 Å². The summed E-state index contributed by atoms with van der Waals surface area (Å²) in [6, 6.07) is 3.55. The van der Waals surface area contributed by atoms with Crippen LogP contribution in [0.1, 0.15) is 17.3 Å². The van der Waals surface area contributed by atoms with Gasteiger partial charge in [-0.15, -0.1) is 0 Å². The van der Waals surface area contributed by atoms with E-state index >= 15 is 0 Å². The molecule has 1 aromatic rings. The number of amides is 1. The van der Waals surface area contributed by atoms with E-state index in [1.807, 2.05) is 6.92 Å². The molecule has 0 bridgehead atoms. The molecule has 17 heavy (non-hydrogen) atoms. The van der Waals surface area contributed by atoms with E-state index in [4.69, 9.17) is 0 Å². The van der Waals surface area contributed by atoms with Crippen molar-refractivity contribution in [3.05, 3.63) is 29.6 Å². The van der Waals surface area contributed by atoms with Crippen LogP contribution >= 0.6 is 0 Å². The number of phenolic OH excluding ortho intramolecular Hbond substituents is 1. The summed E-state index contributed by atoms with van der Waals surface area (Å²) in [5.41, 5.74) is 0.0266. The summed E-state index contributed by atoms with van der Waals surface area (Å²) < 4.78 is 13.1. The average molecular weight is 238 g/mol. The quantitative estimate of drug-likeness (QED) is 0.825. The maximum absolute atomic E-state index is 13.1. The van der Waals surface area contributed by atoms with Crippen molar-refractivity contribution in [1.82, 2.24) is 10.2 Å². The fraction of sp³-hybridized carbons (Fsp3) is 0.417. The summed E-state index contributed by atoms with van der Waals surface area (Å²) in [5.74, 6) is -1.02. The number of halogens is 1. The van der Waals surface area contributed by atoms with E-state index in [9.17, 15) is 14.3 Å². The highest BCUT2D eigenvalue weighted by Gasteiger charge is 2.29. The molecule has 1 aliphatic heterocycles. The highest BCUT2D eigenvalue weighted by molar-refractivity contribution is 5.97. The molecule has 0 saturated carbocycles. The van der Waals surface area contributed by atoms with Crippen LogP contribution in [0.15, 0.2) is 18.2 Å². The molecule has 5 heteroatoms. The van der Waals surface area contributed by atoms with Crippen LogP contribution in [0.25, 0.3) is 0 Å². The van der Waals surface area contributed by atoms with Gasteiger partial charge in [-0.3, -0.25) is 4.79 Å². The van der Waals surface area contributed by atoms with Crippen LogP contribution in [-0.4, -0.2) is 41.6 Å². The Bertz CT molecular complexity index is 433. The minimum absolute atomic E-state index is 0.0266. The van der Waals surface area contributed by atoms with Crippen LogP contribution in [0.2, 0.25) is 0 Å². The molecule has 1 heterocycles. The zero-order chi connectivity index (χ0) is 12.4. The lowest BCUT2D eigenvalue weighted by Gasteiger charge is -2.37. The maximum atomic E-state index is 13.1. The van der Waals surface area contributed by atoms with Crippen molar-refractivity contribution in [1.29, 1.82) is 0 Å². The van der Waals surface area contributed by atoms with E-state index < -0.39 is 5.82 Å². The summed E-state index contributed by atoms with van der Waals surface area (Å²) in [6.45, 7) is 3.90. The monoisotopic (exact) mass is 238 g/mol. The van der Waals surface area contributed by atoms with Crippen molar-refractivity contribution in [3.63, 3.8) is 0 Å². The zero-order valence-electron chi connectivity index (χ0n) is 9.61. The second-order valence-corrected chi connectivity index (χ2v) is 4.06. The molecular formula is C12H15FN2O2. The third kappa shape index (κ3) is 2.24. The van der Waals surface area contributed by atoms with Gasteiger partial charge in [0.05, 0.1) is 11.6 Å². The van der Waals surface area contributed by atoms with Gasteiger partial charge in [0.25, 0.3) is 5.91 Å². The van der Waals surface area contributed by atoms with Crippen LogP contribution in [0.4, 0.5) is 4.39 Å². The number of phenols is 1. The number of benzene rings is 1. The van der Waals surface area contributed by atoms with Crippen LogP contribution in [0, 0.1) is 5.82 Å². The first-order chi connectivity index (χ1) is 8.13. The first-order valence-electron chi connectivity index (χ1n) is 5.63. The minimum Gasteiger partial charge on any atom is -0.507 e. The van der Waals surface area contributed by atoms with Gasteiger partial charge in [-0.25, -0.2) is 4.39 Å². The number of hydrogen-bond donors (Lipinski definition) is 2. The summed E-state index contributed by atoms with van der Waals surface area (Å²) in [4.78, 5) is 13.8. The number of nitrogens with one attached hydrogen (secondary N) is 1. The molecular weight excluding hydrogens is 223 g/mol. The molecule has 1 aliphatic rings. The van der Waals surface area contributed by atoms with E-state index in [2.05, 4.69) is 5.32 Å². The Balaban J connectivity index is 2.25. The van der Waals surface area contributed by atoms with Crippen molar-refractivity contribution < 1.29 is 14.3 Å². The molecule has 1 fully saturated rings. The lowest BCUT2D eigenvalue weighted by molar-refractivity contribution is 0.0626. The number of likely N-dealkylation sites (N-methyl/N-ethyl adjacent to an activating group) is 1. The zero-order valence-corrected chi connectivity index (χ0v) is 9.61. The highest BCUT2D eigenvalue weighted by atomic mass is 19.1. The topological polar surface area (TPSA) is 52.6 Å². The summed E-state index contributed by atoms with van der Waals surface area (Å²) in [7, 11) is 0. The Morgan fingerprint density at radius 2 is 2.29 bits per heavy atom. The van der Waals surface area contributed by atoms with Gasteiger partial charge in [-0.2, -0.15) is 0 Å². The van der Waals surface area contributed by atoms with E-state index in [1.165, 1.54) is 6.07 Å². The molecule has 0 aliphatic carbocycles. The van der Waals surface area contributed by atoms with Crippen molar-refractivity contribution in [3.8, 4) is 5.75 Å². The molecule has 0 unspecified atom stereocenters. The standard InChI is InChI=1S/C12H15FN2O2/c1-2-15(9-6-14-7-9)12(17)10-5-8(13)3-4-11(10)16/h3-5,9,14,16H,2,6-7H2,1H3. The normalized spacial score (nSPS) is 15.4. The number of carbonyl (C=O) groups is 1. The number of hydrogen-bond acceptors (Lipinski definition) is 3.